The molecule has 146 valence electrons. The number of aromatic nitrogens is 3. The Morgan fingerprint density at radius 1 is 1.04 bits per heavy atom. The molecule has 8 heteroatoms. The van der Waals surface area contributed by atoms with Crippen LogP contribution in [-0.2, 0) is 4.74 Å². The number of pyridine rings is 1. The summed E-state index contributed by atoms with van der Waals surface area (Å²) in [5.74, 6) is -0.0367. The van der Waals surface area contributed by atoms with Gasteiger partial charge in [-0.15, -0.1) is 0 Å². The van der Waals surface area contributed by atoms with Crippen molar-refractivity contribution in [1.82, 2.24) is 14.8 Å². The molecule has 0 aliphatic heterocycles. The highest BCUT2D eigenvalue weighted by atomic mass is 16.5. The molecule has 0 unspecified atom stereocenters. The lowest BCUT2D eigenvalue weighted by Gasteiger charge is -2.09. The number of benzene rings is 1. The molecule has 28 heavy (non-hydrogen) atoms. The molecule has 0 atom stereocenters. The van der Waals surface area contributed by atoms with Gasteiger partial charge in [0.25, 0.3) is 0 Å². The van der Waals surface area contributed by atoms with E-state index in [-0.39, 0.29) is 17.4 Å². The van der Waals surface area contributed by atoms with Crippen LogP contribution >= 0.6 is 0 Å². The molecule has 2 aromatic heterocycles. The predicted molar refractivity (Wildman–Crippen MR) is 102 cm³/mol. The van der Waals surface area contributed by atoms with E-state index in [4.69, 9.17) is 14.2 Å². The lowest BCUT2D eigenvalue weighted by molar-refractivity contribution is 0.0474. The quantitative estimate of drug-likeness (QED) is 0.457. The zero-order chi connectivity index (χ0) is 20.3. The zero-order valence-electron chi connectivity index (χ0n) is 16.1. The minimum absolute atomic E-state index is 0.155. The molecule has 0 spiro atoms. The maximum atomic E-state index is 12.3. The van der Waals surface area contributed by atoms with E-state index in [1.807, 2.05) is 13.8 Å². The molecule has 0 radical (unpaired) electrons. The fourth-order valence-electron chi connectivity index (χ4n) is 2.74. The molecule has 0 fully saturated rings. The first kappa shape index (κ1) is 19.3. The van der Waals surface area contributed by atoms with Gasteiger partial charge in [0.1, 0.15) is 0 Å². The number of fused-ring (bicyclic) bond motifs is 1. The van der Waals surface area contributed by atoms with E-state index >= 15 is 0 Å². The van der Waals surface area contributed by atoms with Crippen LogP contribution in [0.5, 0.6) is 11.5 Å². The number of hydrogen-bond acceptors (Lipinski definition) is 7. The van der Waals surface area contributed by atoms with Crippen LogP contribution in [0.15, 0.2) is 36.7 Å². The first-order valence-corrected chi connectivity index (χ1v) is 8.70. The maximum Gasteiger partial charge on any atom is 0.340 e. The maximum absolute atomic E-state index is 12.3. The van der Waals surface area contributed by atoms with Gasteiger partial charge in [-0.05, 0) is 38.1 Å². The van der Waals surface area contributed by atoms with Crippen LogP contribution in [0.2, 0.25) is 0 Å². The largest absolute Gasteiger partial charge is 0.493 e. The van der Waals surface area contributed by atoms with E-state index in [1.165, 1.54) is 20.4 Å². The summed E-state index contributed by atoms with van der Waals surface area (Å²) in [4.78, 5) is 28.9. The lowest BCUT2D eigenvalue weighted by atomic mass is 10.1. The van der Waals surface area contributed by atoms with Crippen molar-refractivity contribution in [3.63, 3.8) is 0 Å². The van der Waals surface area contributed by atoms with Gasteiger partial charge >= 0.3 is 5.97 Å². The summed E-state index contributed by atoms with van der Waals surface area (Å²) in [6.45, 7) is 3.60. The highest BCUT2D eigenvalue weighted by molar-refractivity contribution is 6.00. The number of ether oxygens (including phenoxy) is 3. The standard InChI is InChI=1S/C20H21N3O5/c1-12(2)23-19-14(10-22-23)7-15(9-21-19)20(25)28-11-16(24)13-5-6-17(26-3)18(8-13)27-4/h5-10,12H,11H2,1-4H3. The second-order valence-corrected chi connectivity index (χ2v) is 6.39. The molecule has 2 heterocycles. The van der Waals surface area contributed by atoms with Crippen molar-refractivity contribution in [3.8, 4) is 11.5 Å². The third-order valence-electron chi connectivity index (χ3n) is 4.20. The van der Waals surface area contributed by atoms with Crippen LogP contribution in [0.4, 0.5) is 0 Å². The topological polar surface area (TPSA) is 92.5 Å². The van der Waals surface area contributed by atoms with Crippen molar-refractivity contribution >= 4 is 22.8 Å². The number of esters is 1. The molecule has 1 aromatic carbocycles. The summed E-state index contributed by atoms with van der Waals surface area (Å²) in [6, 6.07) is 6.56. The highest BCUT2D eigenvalue weighted by Crippen LogP contribution is 2.27. The van der Waals surface area contributed by atoms with E-state index in [1.54, 1.807) is 35.1 Å². The van der Waals surface area contributed by atoms with Gasteiger partial charge in [-0.3, -0.25) is 4.79 Å². The van der Waals surface area contributed by atoms with Crippen LogP contribution in [-0.4, -0.2) is 47.3 Å². The normalized spacial score (nSPS) is 10.9. The van der Waals surface area contributed by atoms with Crippen molar-refractivity contribution in [3.05, 3.63) is 47.8 Å². The molecule has 0 saturated heterocycles. The SMILES string of the molecule is COc1ccc(C(=O)COC(=O)c2cnc3c(cnn3C(C)C)c2)cc1OC. The van der Waals surface area contributed by atoms with Gasteiger partial charge in [0, 0.05) is 23.2 Å². The molecule has 0 N–H and O–H groups in total. The molecule has 0 saturated carbocycles. The zero-order valence-corrected chi connectivity index (χ0v) is 16.1. The number of carbonyl (C=O) groups is 2. The van der Waals surface area contributed by atoms with E-state index in [0.717, 1.165) is 5.39 Å². The Labute approximate surface area is 162 Å². The summed E-state index contributed by atoms with van der Waals surface area (Å²) < 4.78 is 17.2. The van der Waals surface area contributed by atoms with E-state index in [2.05, 4.69) is 10.1 Å². The number of rotatable bonds is 7. The smallest absolute Gasteiger partial charge is 0.340 e. The Bertz CT molecular complexity index is 1030. The van der Waals surface area contributed by atoms with E-state index in [9.17, 15) is 9.59 Å². The average Bonchev–Trinajstić information content (AvgIpc) is 3.14. The van der Waals surface area contributed by atoms with Gasteiger partial charge in [-0.1, -0.05) is 0 Å². The van der Waals surface area contributed by atoms with Crippen molar-refractivity contribution in [2.24, 2.45) is 0 Å². The molecule has 0 aliphatic rings. The van der Waals surface area contributed by atoms with Crippen molar-refractivity contribution in [1.29, 1.82) is 0 Å². The minimum atomic E-state index is -0.625. The second kappa shape index (κ2) is 8.08. The van der Waals surface area contributed by atoms with Gasteiger partial charge in [0.2, 0.25) is 0 Å². The van der Waals surface area contributed by atoms with Crippen LogP contribution < -0.4 is 9.47 Å². The monoisotopic (exact) mass is 383 g/mol. The minimum Gasteiger partial charge on any atom is -0.493 e. The van der Waals surface area contributed by atoms with Gasteiger partial charge in [0.15, 0.2) is 29.5 Å². The van der Waals surface area contributed by atoms with E-state index < -0.39 is 12.6 Å². The van der Waals surface area contributed by atoms with Crippen LogP contribution in [0.1, 0.15) is 40.6 Å². The number of Topliss-reactive ketones (excluding diaryl/α,β-unsaturated/α-hetero) is 1. The van der Waals surface area contributed by atoms with Gasteiger partial charge in [-0.25, -0.2) is 14.5 Å². The number of ketones is 1. The molecule has 0 bridgehead atoms. The van der Waals surface area contributed by atoms with Crippen LogP contribution in [0.25, 0.3) is 11.0 Å². The first-order chi connectivity index (χ1) is 13.4. The van der Waals surface area contributed by atoms with Gasteiger partial charge in [-0.2, -0.15) is 5.10 Å². The summed E-state index contributed by atoms with van der Waals surface area (Å²) in [7, 11) is 2.99. The summed E-state index contributed by atoms with van der Waals surface area (Å²) >= 11 is 0. The van der Waals surface area contributed by atoms with E-state index in [0.29, 0.717) is 22.7 Å². The van der Waals surface area contributed by atoms with Crippen molar-refractivity contribution in [2.45, 2.75) is 19.9 Å². The average molecular weight is 383 g/mol. The third-order valence-corrected chi connectivity index (χ3v) is 4.20. The summed E-state index contributed by atoms with van der Waals surface area (Å²) in [5.41, 5.74) is 1.31. The third kappa shape index (κ3) is 3.80. The Morgan fingerprint density at radius 3 is 2.46 bits per heavy atom. The molecule has 0 aliphatic carbocycles. The molecule has 3 aromatic rings. The number of carbonyl (C=O) groups excluding carboxylic acids is 2. The molecule has 8 nitrogen and oxygen atoms in total. The molecule has 3 rings (SSSR count). The predicted octanol–water partition coefficient (Wildman–Crippen LogP) is 3.07. The first-order valence-electron chi connectivity index (χ1n) is 8.70. The Balaban J connectivity index is 1.70. The fourth-order valence-corrected chi connectivity index (χ4v) is 2.74. The second-order valence-electron chi connectivity index (χ2n) is 6.39. The number of methoxy groups -OCH3 is 2. The highest BCUT2D eigenvalue weighted by Gasteiger charge is 2.16. The Morgan fingerprint density at radius 2 is 1.79 bits per heavy atom. The number of nitrogens with zero attached hydrogens (tertiary/aromatic N) is 3. The molecule has 0 amide bonds. The Hall–Kier alpha value is -3.42. The van der Waals surface area contributed by atoms with Gasteiger partial charge in [0.05, 0.1) is 26.0 Å². The van der Waals surface area contributed by atoms with Gasteiger partial charge < -0.3 is 14.2 Å². The fraction of sp³-hybridized carbons (Fsp3) is 0.300. The van der Waals surface area contributed by atoms with Crippen molar-refractivity contribution in [2.75, 3.05) is 20.8 Å². The lowest BCUT2D eigenvalue weighted by Crippen LogP contribution is -2.14. The van der Waals surface area contributed by atoms with Crippen molar-refractivity contribution < 1.29 is 23.8 Å². The van der Waals surface area contributed by atoms with Crippen LogP contribution in [0.3, 0.4) is 0 Å². The molecular formula is C20H21N3O5. The summed E-state index contributed by atoms with van der Waals surface area (Å²) in [6.07, 6.45) is 3.07. The number of hydrogen-bond donors (Lipinski definition) is 0. The summed E-state index contributed by atoms with van der Waals surface area (Å²) in [5, 5.41) is 5.00. The molecular weight excluding hydrogens is 362 g/mol. The van der Waals surface area contributed by atoms with Crippen LogP contribution in [0, 0.1) is 0 Å². The Kier molecular flexibility index (Phi) is 5.58.